The molecule has 0 bridgehead atoms. The zero-order valence-corrected chi connectivity index (χ0v) is 12.6. The molecule has 0 amide bonds. The van der Waals surface area contributed by atoms with Crippen LogP contribution in [-0.4, -0.2) is 13.0 Å². The lowest BCUT2D eigenvalue weighted by Gasteiger charge is -2.13. The van der Waals surface area contributed by atoms with Gasteiger partial charge in [-0.2, -0.15) is 8.42 Å². The van der Waals surface area contributed by atoms with Crippen LogP contribution in [0.5, 0.6) is 0 Å². The van der Waals surface area contributed by atoms with E-state index >= 15 is 0 Å². The third-order valence-corrected chi connectivity index (χ3v) is 4.32. The van der Waals surface area contributed by atoms with Crippen LogP contribution in [0.25, 0.3) is 0 Å². The molecule has 108 valence electrons. The second-order valence-electron chi connectivity index (χ2n) is 5.24. The fourth-order valence-corrected chi connectivity index (χ4v) is 3.05. The van der Waals surface area contributed by atoms with Gasteiger partial charge in [-0.1, -0.05) is 64.2 Å². The molecule has 0 heterocycles. The van der Waals surface area contributed by atoms with Gasteiger partial charge in [0, 0.05) is 0 Å². The average Bonchev–Trinajstić information content (AvgIpc) is 2.34. The van der Waals surface area contributed by atoms with Crippen molar-refractivity contribution in [1.29, 1.82) is 0 Å². The van der Waals surface area contributed by atoms with Crippen LogP contribution in [0.4, 0.5) is 0 Å². The van der Waals surface area contributed by atoms with Crippen LogP contribution < -0.4 is 0 Å². The van der Waals surface area contributed by atoms with Crippen LogP contribution in [0, 0.1) is 5.92 Å². The lowest BCUT2D eigenvalue weighted by molar-refractivity contribution is 0.471. The molecule has 0 aliphatic heterocycles. The molecular formula is C15H24O3S. The minimum absolute atomic E-state index is 0.0513. The molecule has 0 saturated carbocycles. The smallest absolute Gasteiger partial charge is 0.282 e. The Kier molecular flexibility index (Phi) is 6.52. The minimum Gasteiger partial charge on any atom is -0.282 e. The van der Waals surface area contributed by atoms with Gasteiger partial charge >= 0.3 is 0 Å². The summed E-state index contributed by atoms with van der Waals surface area (Å²) in [5.74, 6) is 0.430. The van der Waals surface area contributed by atoms with Gasteiger partial charge in [0.1, 0.15) is 0 Å². The average molecular weight is 284 g/mol. The molecule has 1 rings (SSSR count). The summed E-state index contributed by atoms with van der Waals surface area (Å²) in [6.07, 6.45) is 6.69. The van der Waals surface area contributed by atoms with Crippen LogP contribution in [-0.2, 0) is 16.5 Å². The van der Waals surface area contributed by atoms with E-state index in [2.05, 4.69) is 13.8 Å². The summed E-state index contributed by atoms with van der Waals surface area (Å²) < 4.78 is 31.8. The van der Waals surface area contributed by atoms with Crippen molar-refractivity contribution in [2.75, 3.05) is 0 Å². The molecule has 0 fully saturated rings. The third-order valence-electron chi connectivity index (χ3n) is 3.37. The first kappa shape index (κ1) is 16.2. The number of hydrogen-bond acceptors (Lipinski definition) is 2. The molecule has 0 aliphatic carbocycles. The van der Waals surface area contributed by atoms with Crippen LogP contribution in [0.15, 0.2) is 29.2 Å². The second kappa shape index (κ2) is 7.65. The second-order valence-corrected chi connectivity index (χ2v) is 6.63. The van der Waals surface area contributed by atoms with E-state index in [1.54, 1.807) is 12.1 Å². The van der Waals surface area contributed by atoms with Crippen LogP contribution in [0.3, 0.4) is 0 Å². The van der Waals surface area contributed by atoms with Crippen molar-refractivity contribution >= 4 is 10.1 Å². The summed E-state index contributed by atoms with van der Waals surface area (Å²) in [5.41, 5.74) is 0.716. The molecule has 1 atom stereocenters. The summed E-state index contributed by atoms with van der Waals surface area (Å²) in [6, 6.07) is 6.70. The third kappa shape index (κ3) is 5.74. The summed E-state index contributed by atoms with van der Waals surface area (Å²) in [6.45, 7) is 4.32. The van der Waals surface area contributed by atoms with Crippen LogP contribution in [0.1, 0.15) is 51.5 Å². The van der Waals surface area contributed by atoms with Crippen molar-refractivity contribution in [1.82, 2.24) is 0 Å². The van der Waals surface area contributed by atoms with Crippen LogP contribution >= 0.6 is 0 Å². The van der Waals surface area contributed by atoms with E-state index < -0.39 is 10.1 Å². The van der Waals surface area contributed by atoms with Crippen molar-refractivity contribution in [2.45, 2.75) is 57.3 Å². The van der Waals surface area contributed by atoms with Crippen LogP contribution in [0.2, 0.25) is 0 Å². The summed E-state index contributed by atoms with van der Waals surface area (Å²) in [7, 11) is -4.11. The maximum Gasteiger partial charge on any atom is 0.294 e. The van der Waals surface area contributed by atoms with Gasteiger partial charge in [-0.25, -0.2) is 0 Å². The summed E-state index contributed by atoms with van der Waals surface area (Å²) in [5, 5.41) is 0. The first-order chi connectivity index (χ1) is 8.95. The predicted molar refractivity (Wildman–Crippen MR) is 77.9 cm³/mol. The van der Waals surface area contributed by atoms with E-state index in [9.17, 15) is 13.0 Å². The largest absolute Gasteiger partial charge is 0.294 e. The highest BCUT2D eigenvalue weighted by Gasteiger charge is 2.16. The quantitative estimate of drug-likeness (QED) is 0.578. The zero-order chi connectivity index (χ0) is 14.3. The zero-order valence-electron chi connectivity index (χ0n) is 11.8. The molecule has 4 heteroatoms. The molecule has 0 aromatic heterocycles. The molecule has 0 radical (unpaired) electrons. The number of rotatable bonds is 8. The Hall–Kier alpha value is -0.870. The van der Waals surface area contributed by atoms with E-state index in [1.807, 2.05) is 6.07 Å². The molecule has 1 unspecified atom stereocenters. The molecule has 0 aliphatic rings. The standard InChI is InChI=1S/C15H24O3S/c1-3-4-5-6-9-13(2)12-14-10-7-8-11-15(14)19(16,17)18/h7-8,10-11,13H,3-6,9,12H2,1-2H3,(H,16,17,18). The number of benzene rings is 1. The predicted octanol–water partition coefficient (Wildman–Crippen LogP) is 4.08. The van der Waals surface area contributed by atoms with Gasteiger partial charge in [-0.15, -0.1) is 0 Å². The highest BCUT2D eigenvalue weighted by molar-refractivity contribution is 7.85. The molecule has 0 spiro atoms. The lowest BCUT2D eigenvalue weighted by Crippen LogP contribution is -2.07. The molecule has 1 aromatic rings. The summed E-state index contributed by atoms with van der Waals surface area (Å²) in [4.78, 5) is 0.0513. The van der Waals surface area contributed by atoms with Gasteiger partial charge < -0.3 is 0 Å². The molecule has 0 saturated heterocycles. The monoisotopic (exact) mass is 284 g/mol. The first-order valence-electron chi connectivity index (χ1n) is 7.00. The Labute approximate surface area is 116 Å². The van der Waals surface area contributed by atoms with Gasteiger partial charge in [0.2, 0.25) is 0 Å². The molecule has 1 N–H and O–H groups in total. The summed E-state index contributed by atoms with van der Waals surface area (Å²) >= 11 is 0. The SMILES string of the molecule is CCCCCCC(C)Cc1ccccc1S(=O)(=O)O. The normalized spacial score (nSPS) is 13.4. The Balaban J connectivity index is 2.62. The highest BCUT2D eigenvalue weighted by Crippen LogP contribution is 2.21. The minimum atomic E-state index is -4.11. The fourth-order valence-electron chi connectivity index (χ4n) is 2.32. The van der Waals surface area contributed by atoms with Gasteiger partial charge in [-0.05, 0) is 24.0 Å². The van der Waals surface area contributed by atoms with E-state index in [1.165, 1.54) is 31.7 Å². The first-order valence-corrected chi connectivity index (χ1v) is 8.44. The van der Waals surface area contributed by atoms with Crippen molar-refractivity contribution in [2.24, 2.45) is 5.92 Å². The number of hydrogen-bond donors (Lipinski definition) is 1. The van der Waals surface area contributed by atoms with E-state index in [4.69, 9.17) is 0 Å². The highest BCUT2D eigenvalue weighted by atomic mass is 32.2. The lowest BCUT2D eigenvalue weighted by atomic mass is 9.95. The van der Waals surface area contributed by atoms with Gasteiger partial charge in [0.15, 0.2) is 0 Å². The Morgan fingerprint density at radius 3 is 2.47 bits per heavy atom. The number of unbranched alkanes of at least 4 members (excludes halogenated alkanes) is 3. The van der Waals surface area contributed by atoms with Gasteiger partial charge in [-0.3, -0.25) is 4.55 Å². The Morgan fingerprint density at radius 1 is 1.16 bits per heavy atom. The Morgan fingerprint density at radius 2 is 1.84 bits per heavy atom. The molecule has 19 heavy (non-hydrogen) atoms. The maximum atomic E-state index is 11.3. The van der Waals surface area contributed by atoms with Crippen molar-refractivity contribution in [3.05, 3.63) is 29.8 Å². The fraction of sp³-hybridized carbons (Fsp3) is 0.600. The Bertz CT molecular complexity index is 480. The van der Waals surface area contributed by atoms with Crippen molar-refractivity contribution < 1.29 is 13.0 Å². The van der Waals surface area contributed by atoms with Gasteiger partial charge in [0.25, 0.3) is 10.1 Å². The van der Waals surface area contributed by atoms with Crippen molar-refractivity contribution in [3.63, 3.8) is 0 Å². The van der Waals surface area contributed by atoms with Crippen molar-refractivity contribution in [3.8, 4) is 0 Å². The van der Waals surface area contributed by atoms with E-state index in [0.29, 0.717) is 17.9 Å². The topological polar surface area (TPSA) is 54.4 Å². The van der Waals surface area contributed by atoms with E-state index in [0.717, 1.165) is 6.42 Å². The van der Waals surface area contributed by atoms with Gasteiger partial charge in [0.05, 0.1) is 4.90 Å². The molecule has 1 aromatic carbocycles. The molecular weight excluding hydrogens is 260 g/mol. The maximum absolute atomic E-state index is 11.3. The molecule has 3 nitrogen and oxygen atoms in total. The van der Waals surface area contributed by atoms with E-state index in [-0.39, 0.29) is 4.90 Å².